The second-order valence-corrected chi connectivity index (χ2v) is 9.24. The molecular weight excluding hydrogens is 404 g/mol. The van der Waals surface area contributed by atoms with Crippen LogP contribution in [0.2, 0.25) is 0 Å². The number of amides is 2. The highest BCUT2D eigenvalue weighted by molar-refractivity contribution is 7.99. The van der Waals surface area contributed by atoms with Crippen LogP contribution in [-0.2, 0) is 21.9 Å². The Morgan fingerprint density at radius 1 is 0.968 bits per heavy atom. The molecular formula is C26H34N2O2S. The maximum atomic E-state index is 13.3. The van der Waals surface area contributed by atoms with E-state index >= 15 is 0 Å². The standard InChI is InChI=1S/C26H34N2O2S/c1-2-24(26(30)27-23-16-10-5-11-17-23)28(18-21-12-6-3-7-13-21)25(29)20-31-19-22-14-8-4-9-15-22/h3-4,6-9,12-15,23-24H,2,5,10-11,16-20H2,1H3,(H,27,30)/t24-/m0/s1. The third-order valence-electron chi connectivity index (χ3n) is 5.87. The van der Waals surface area contributed by atoms with Crippen molar-refractivity contribution in [3.05, 3.63) is 71.8 Å². The van der Waals surface area contributed by atoms with Gasteiger partial charge in [0.1, 0.15) is 6.04 Å². The van der Waals surface area contributed by atoms with Crippen LogP contribution >= 0.6 is 11.8 Å². The molecule has 2 aromatic carbocycles. The normalized spacial score (nSPS) is 15.3. The van der Waals surface area contributed by atoms with E-state index in [0.717, 1.165) is 24.2 Å². The summed E-state index contributed by atoms with van der Waals surface area (Å²) in [5.74, 6) is 1.17. The molecule has 1 atom stereocenters. The van der Waals surface area contributed by atoms with Gasteiger partial charge in [-0.25, -0.2) is 0 Å². The number of rotatable bonds is 10. The van der Waals surface area contributed by atoms with Gasteiger partial charge in [0.15, 0.2) is 0 Å². The molecule has 1 N–H and O–H groups in total. The smallest absolute Gasteiger partial charge is 0.243 e. The predicted octanol–water partition coefficient (Wildman–Crippen LogP) is 5.18. The maximum Gasteiger partial charge on any atom is 0.243 e. The van der Waals surface area contributed by atoms with E-state index in [-0.39, 0.29) is 17.9 Å². The lowest BCUT2D eigenvalue weighted by Crippen LogP contribution is -2.52. The monoisotopic (exact) mass is 438 g/mol. The molecule has 0 unspecified atom stereocenters. The molecule has 3 rings (SSSR count). The number of carbonyl (C=O) groups excluding carboxylic acids is 2. The molecule has 4 nitrogen and oxygen atoms in total. The van der Waals surface area contributed by atoms with Crippen molar-refractivity contribution < 1.29 is 9.59 Å². The molecule has 0 aromatic heterocycles. The SMILES string of the molecule is CC[C@@H](C(=O)NC1CCCCC1)N(Cc1ccccc1)C(=O)CSCc1ccccc1. The molecule has 2 amide bonds. The number of thioether (sulfide) groups is 1. The van der Waals surface area contributed by atoms with Gasteiger partial charge in [-0.1, -0.05) is 86.8 Å². The molecule has 1 aliphatic rings. The molecule has 2 aromatic rings. The Morgan fingerprint density at radius 2 is 1.58 bits per heavy atom. The summed E-state index contributed by atoms with van der Waals surface area (Å²) in [6, 6.07) is 19.9. The minimum absolute atomic E-state index is 0.00765. The fourth-order valence-electron chi connectivity index (χ4n) is 4.16. The van der Waals surface area contributed by atoms with E-state index in [1.165, 1.54) is 24.8 Å². The molecule has 1 fully saturated rings. The molecule has 0 saturated heterocycles. The van der Waals surface area contributed by atoms with Gasteiger partial charge in [-0.3, -0.25) is 9.59 Å². The quantitative estimate of drug-likeness (QED) is 0.556. The van der Waals surface area contributed by atoms with Crippen molar-refractivity contribution in [3.63, 3.8) is 0 Å². The summed E-state index contributed by atoms with van der Waals surface area (Å²) in [6.45, 7) is 2.45. The average molecular weight is 439 g/mol. The van der Waals surface area contributed by atoms with E-state index in [1.54, 1.807) is 16.7 Å². The molecule has 0 bridgehead atoms. The fraction of sp³-hybridized carbons (Fsp3) is 0.462. The van der Waals surface area contributed by atoms with Gasteiger partial charge in [-0.05, 0) is 30.4 Å². The molecule has 1 aliphatic carbocycles. The van der Waals surface area contributed by atoms with Crippen LogP contribution in [0.5, 0.6) is 0 Å². The largest absolute Gasteiger partial charge is 0.352 e. The van der Waals surface area contributed by atoms with Crippen LogP contribution in [0.1, 0.15) is 56.6 Å². The lowest BCUT2D eigenvalue weighted by atomic mass is 9.95. The van der Waals surface area contributed by atoms with Gasteiger partial charge >= 0.3 is 0 Å². The Kier molecular flexibility index (Phi) is 9.47. The first-order valence-corrected chi connectivity index (χ1v) is 12.6. The summed E-state index contributed by atoms with van der Waals surface area (Å²) in [4.78, 5) is 28.2. The lowest BCUT2D eigenvalue weighted by molar-refractivity contribution is -0.139. The predicted molar refractivity (Wildman–Crippen MR) is 129 cm³/mol. The Morgan fingerprint density at radius 3 is 2.19 bits per heavy atom. The molecule has 0 aliphatic heterocycles. The zero-order valence-electron chi connectivity index (χ0n) is 18.5. The topological polar surface area (TPSA) is 49.4 Å². The van der Waals surface area contributed by atoms with Gasteiger partial charge < -0.3 is 10.2 Å². The Bertz CT molecular complexity index is 807. The average Bonchev–Trinajstić information content (AvgIpc) is 2.81. The van der Waals surface area contributed by atoms with Gasteiger partial charge in [-0.2, -0.15) is 0 Å². The molecule has 5 heteroatoms. The Hall–Kier alpha value is -2.27. The third kappa shape index (κ3) is 7.42. The number of hydrogen-bond donors (Lipinski definition) is 1. The summed E-state index contributed by atoms with van der Waals surface area (Å²) in [6.07, 6.45) is 6.29. The summed E-state index contributed by atoms with van der Waals surface area (Å²) >= 11 is 1.61. The highest BCUT2D eigenvalue weighted by Crippen LogP contribution is 2.20. The van der Waals surface area contributed by atoms with Crippen molar-refractivity contribution in [1.29, 1.82) is 0 Å². The summed E-state index contributed by atoms with van der Waals surface area (Å²) in [7, 11) is 0. The maximum absolute atomic E-state index is 13.3. The number of nitrogens with zero attached hydrogens (tertiary/aromatic N) is 1. The molecule has 31 heavy (non-hydrogen) atoms. The Balaban J connectivity index is 1.67. The van der Waals surface area contributed by atoms with Gasteiger partial charge in [0.25, 0.3) is 0 Å². The summed E-state index contributed by atoms with van der Waals surface area (Å²) in [5.41, 5.74) is 2.25. The van der Waals surface area contributed by atoms with Crippen molar-refractivity contribution in [3.8, 4) is 0 Å². The van der Waals surface area contributed by atoms with Crippen molar-refractivity contribution >= 4 is 23.6 Å². The minimum atomic E-state index is -0.438. The fourth-order valence-corrected chi connectivity index (χ4v) is 5.03. The number of benzene rings is 2. The van der Waals surface area contributed by atoms with Gasteiger partial charge in [0, 0.05) is 18.3 Å². The van der Waals surface area contributed by atoms with Crippen LogP contribution in [0.3, 0.4) is 0 Å². The summed E-state index contributed by atoms with van der Waals surface area (Å²) in [5, 5.41) is 3.23. The van der Waals surface area contributed by atoms with E-state index < -0.39 is 6.04 Å². The van der Waals surface area contributed by atoms with Gasteiger partial charge in [0.2, 0.25) is 11.8 Å². The van der Waals surface area contributed by atoms with E-state index in [9.17, 15) is 9.59 Å². The lowest BCUT2D eigenvalue weighted by Gasteiger charge is -2.32. The highest BCUT2D eigenvalue weighted by atomic mass is 32.2. The van der Waals surface area contributed by atoms with Gasteiger partial charge in [0.05, 0.1) is 5.75 Å². The minimum Gasteiger partial charge on any atom is -0.352 e. The molecule has 0 spiro atoms. The first-order chi connectivity index (χ1) is 15.2. The Labute approximate surface area is 190 Å². The molecule has 1 saturated carbocycles. The molecule has 166 valence electrons. The first-order valence-electron chi connectivity index (χ1n) is 11.4. The van der Waals surface area contributed by atoms with Crippen LogP contribution in [-0.4, -0.2) is 34.6 Å². The van der Waals surface area contributed by atoms with Gasteiger partial charge in [-0.15, -0.1) is 11.8 Å². The van der Waals surface area contributed by atoms with Crippen molar-refractivity contribution in [1.82, 2.24) is 10.2 Å². The van der Waals surface area contributed by atoms with Crippen LogP contribution in [0.4, 0.5) is 0 Å². The van der Waals surface area contributed by atoms with E-state index in [0.29, 0.717) is 18.7 Å². The van der Waals surface area contributed by atoms with Crippen LogP contribution in [0.15, 0.2) is 60.7 Å². The second-order valence-electron chi connectivity index (χ2n) is 8.25. The van der Waals surface area contributed by atoms with Crippen molar-refractivity contribution in [2.75, 3.05) is 5.75 Å². The molecule has 0 heterocycles. The van der Waals surface area contributed by atoms with E-state index in [1.807, 2.05) is 55.5 Å². The zero-order valence-corrected chi connectivity index (χ0v) is 19.3. The van der Waals surface area contributed by atoms with Crippen LogP contribution in [0, 0.1) is 0 Å². The number of carbonyl (C=O) groups is 2. The number of nitrogens with one attached hydrogen (secondary N) is 1. The van der Waals surface area contributed by atoms with Crippen molar-refractivity contribution in [2.24, 2.45) is 0 Å². The third-order valence-corrected chi connectivity index (χ3v) is 6.86. The van der Waals surface area contributed by atoms with E-state index in [4.69, 9.17) is 0 Å². The van der Waals surface area contributed by atoms with E-state index in [2.05, 4.69) is 17.4 Å². The number of hydrogen-bond acceptors (Lipinski definition) is 3. The van der Waals surface area contributed by atoms with Crippen molar-refractivity contribution in [2.45, 2.75) is 69.8 Å². The first kappa shape index (κ1) is 23.4. The molecule has 0 radical (unpaired) electrons. The summed E-state index contributed by atoms with van der Waals surface area (Å²) < 4.78 is 0. The van der Waals surface area contributed by atoms with Crippen LogP contribution in [0.25, 0.3) is 0 Å². The second kappa shape index (κ2) is 12.6. The van der Waals surface area contributed by atoms with Crippen LogP contribution < -0.4 is 5.32 Å². The highest BCUT2D eigenvalue weighted by Gasteiger charge is 2.30. The zero-order chi connectivity index (χ0) is 21.9.